The van der Waals surface area contributed by atoms with Gasteiger partial charge in [-0.05, 0) is 31.2 Å². The van der Waals surface area contributed by atoms with Gasteiger partial charge in [-0.1, -0.05) is 46.3 Å². The average Bonchev–Trinajstić information content (AvgIpc) is 2.93. The Morgan fingerprint density at radius 2 is 1.75 bits per heavy atom. The number of nitrogens with one attached hydrogen (secondary N) is 1. The second kappa shape index (κ2) is 5.72. The highest BCUT2D eigenvalue weighted by molar-refractivity contribution is 9.10. The third kappa shape index (κ3) is 2.45. The fourth-order valence-electron chi connectivity index (χ4n) is 2.68. The minimum absolute atomic E-state index is 0.183. The molecule has 4 aromatic rings. The first-order valence-electron chi connectivity index (χ1n) is 7.44. The van der Waals surface area contributed by atoms with E-state index in [1.807, 2.05) is 61.5 Å². The third-order valence-electron chi connectivity index (χ3n) is 3.83. The first kappa shape index (κ1) is 14.8. The average molecular weight is 381 g/mol. The van der Waals surface area contributed by atoms with Gasteiger partial charge in [0.1, 0.15) is 11.2 Å². The summed E-state index contributed by atoms with van der Waals surface area (Å²) in [7, 11) is 0. The minimum Gasteiger partial charge on any atom is -0.306 e. The number of rotatable bonds is 2. The van der Waals surface area contributed by atoms with Crippen LogP contribution < -0.4 is 5.56 Å². The molecule has 0 aliphatic carbocycles. The summed E-state index contributed by atoms with van der Waals surface area (Å²) >= 11 is 3.41. The van der Waals surface area contributed by atoms with Crippen LogP contribution in [0.1, 0.15) is 5.69 Å². The molecule has 0 aliphatic rings. The largest absolute Gasteiger partial charge is 0.306 e. The number of aryl methyl sites for hydroxylation is 1. The number of aromatic amines is 1. The first-order chi connectivity index (χ1) is 11.6. The predicted octanol–water partition coefficient (Wildman–Crippen LogP) is 3.85. The van der Waals surface area contributed by atoms with E-state index < -0.39 is 0 Å². The zero-order valence-corrected chi connectivity index (χ0v) is 14.4. The van der Waals surface area contributed by atoms with Crippen LogP contribution >= 0.6 is 15.9 Å². The maximum Gasteiger partial charge on any atom is 0.262 e. The molecule has 2 heterocycles. The first-order valence-corrected chi connectivity index (χ1v) is 8.24. The van der Waals surface area contributed by atoms with Gasteiger partial charge >= 0.3 is 0 Å². The van der Waals surface area contributed by atoms with E-state index in [1.54, 1.807) is 4.68 Å². The molecule has 118 valence electrons. The van der Waals surface area contributed by atoms with Crippen molar-refractivity contribution in [2.45, 2.75) is 6.92 Å². The predicted molar refractivity (Wildman–Crippen MR) is 97.4 cm³/mol. The molecule has 2 aromatic carbocycles. The molecule has 24 heavy (non-hydrogen) atoms. The molecule has 0 unspecified atom stereocenters. The molecule has 4 rings (SSSR count). The van der Waals surface area contributed by atoms with Crippen LogP contribution in [-0.2, 0) is 0 Å². The maximum atomic E-state index is 12.5. The molecular formula is C18H13BrN4O. The molecular weight excluding hydrogens is 368 g/mol. The van der Waals surface area contributed by atoms with Crippen molar-refractivity contribution in [1.82, 2.24) is 19.7 Å². The second-order valence-corrected chi connectivity index (χ2v) is 6.37. The summed E-state index contributed by atoms with van der Waals surface area (Å²) in [6.45, 7) is 1.82. The van der Waals surface area contributed by atoms with E-state index in [0.29, 0.717) is 22.6 Å². The molecule has 0 amide bonds. The number of nitrogens with zero attached hydrogens (tertiary/aromatic N) is 3. The molecule has 0 aliphatic heterocycles. The Bertz CT molecular complexity index is 1080. The Labute approximate surface area is 146 Å². The van der Waals surface area contributed by atoms with Crippen molar-refractivity contribution in [3.63, 3.8) is 0 Å². The fourth-order valence-corrected chi connectivity index (χ4v) is 2.95. The molecule has 0 saturated heterocycles. The number of H-pyrrole nitrogens is 1. The molecule has 0 fully saturated rings. The molecule has 2 aromatic heterocycles. The quantitative estimate of drug-likeness (QED) is 0.574. The third-order valence-corrected chi connectivity index (χ3v) is 4.36. The van der Waals surface area contributed by atoms with E-state index >= 15 is 0 Å². The lowest BCUT2D eigenvalue weighted by atomic mass is 10.2. The molecule has 0 atom stereocenters. The van der Waals surface area contributed by atoms with E-state index in [9.17, 15) is 4.79 Å². The van der Waals surface area contributed by atoms with Crippen LogP contribution in [0.5, 0.6) is 0 Å². The summed E-state index contributed by atoms with van der Waals surface area (Å²) in [5, 5.41) is 5.01. The molecule has 0 radical (unpaired) electrons. The molecule has 1 N–H and O–H groups in total. The Balaban J connectivity index is 2.00. The van der Waals surface area contributed by atoms with Crippen LogP contribution in [0, 0.1) is 6.92 Å². The van der Waals surface area contributed by atoms with Crippen molar-refractivity contribution >= 4 is 27.0 Å². The van der Waals surface area contributed by atoms with Gasteiger partial charge in [0.05, 0.1) is 11.4 Å². The Morgan fingerprint density at radius 3 is 2.46 bits per heavy atom. The number of fused-ring (bicyclic) bond motifs is 1. The monoisotopic (exact) mass is 380 g/mol. The van der Waals surface area contributed by atoms with Crippen LogP contribution in [0.15, 0.2) is 63.9 Å². The van der Waals surface area contributed by atoms with Crippen LogP contribution in [0.3, 0.4) is 0 Å². The van der Waals surface area contributed by atoms with Gasteiger partial charge in [0.15, 0.2) is 5.65 Å². The van der Waals surface area contributed by atoms with E-state index in [1.165, 1.54) is 0 Å². The summed E-state index contributed by atoms with van der Waals surface area (Å²) in [5.41, 5.74) is 2.74. The lowest BCUT2D eigenvalue weighted by molar-refractivity contribution is 0.877. The summed E-state index contributed by atoms with van der Waals surface area (Å²) in [6, 6.07) is 17.3. The highest BCUT2D eigenvalue weighted by Crippen LogP contribution is 2.22. The van der Waals surface area contributed by atoms with Crippen molar-refractivity contribution in [2.75, 3.05) is 0 Å². The van der Waals surface area contributed by atoms with E-state index in [0.717, 1.165) is 15.7 Å². The van der Waals surface area contributed by atoms with Crippen LogP contribution in [0.2, 0.25) is 0 Å². The minimum atomic E-state index is -0.183. The lowest BCUT2D eigenvalue weighted by Crippen LogP contribution is -2.10. The van der Waals surface area contributed by atoms with Gasteiger partial charge in [0.2, 0.25) is 0 Å². The zero-order valence-electron chi connectivity index (χ0n) is 12.8. The van der Waals surface area contributed by atoms with Crippen LogP contribution in [0.4, 0.5) is 0 Å². The summed E-state index contributed by atoms with van der Waals surface area (Å²) in [4.78, 5) is 20.1. The second-order valence-electron chi connectivity index (χ2n) is 5.45. The zero-order chi connectivity index (χ0) is 16.7. The normalized spacial score (nSPS) is 11.1. The lowest BCUT2D eigenvalue weighted by Gasteiger charge is -2.04. The molecule has 0 spiro atoms. The number of para-hydroxylation sites is 1. The molecule has 0 saturated carbocycles. The van der Waals surface area contributed by atoms with E-state index in [2.05, 4.69) is 31.0 Å². The van der Waals surface area contributed by atoms with E-state index in [4.69, 9.17) is 0 Å². The molecule has 5 nitrogen and oxygen atoms in total. The van der Waals surface area contributed by atoms with Crippen LogP contribution in [-0.4, -0.2) is 19.7 Å². The SMILES string of the molecule is Cc1nn(-c2ccccc2)c2nc(-c3ccc(Br)cc3)[nH]c(=O)c12. The number of hydrogen-bond donors (Lipinski definition) is 1. The van der Waals surface area contributed by atoms with Gasteiger partial charge in [-0.2, -0.15) is 5.10 Å². The van der Waals surface area contributed by atoms with Crippen molar-refractivity contribution in [1.29, 1.82) is 0 Å². The number of hydrogen-bond acceptors (Lipinski definition) is 3. The fraction of sp³-hybridized carbons (Fsp3) is 0.0556. The molecule has 0 bridgehead atoms. The highest BCUT2D eigenvalue weighted by Gasteiger charge is 2.15. The summed E-state index contributed by atoms with van der Waals surface area (Å²) < 4.78 is 2.68. The maximum absolute atomic E-state index is 12.5. The van der Waals surface area contributed by atoms with Gasteiger partial charge in [0, 0.05) is 10.0 Å². The number of benzene rings is 2. The Hall–Kier alpha value is -2.73. The number of aromatic nitrogens is 4. The standard InChI is InChI=1S/C18H13BrN4O/c1-11-15-17(23(22-11)14-5-3-2-4-6-14)20-16(21-18(15)24)12-7-9-13(19)10-8-12/h2-10H,1H3,(H,20,21,24). The van der Waals surface area contributed by atoms with Crippen LogP contribution in [0.25, 0.3) is 28.1 Å². The van der Waals surface area contributed by atoms with Gasteiger partial charge in [-0.3, -0.25) is 4.79 Å². The molecule has 6 heteroatoms. The van der Waals surface area contributed by atoms with Crippen molar-refractivity contribution < 1.29 is 0 Å². The summed E-state index contributed by atoms with van der Waals surface area (Å²) in [6.07, 6.45) is 0. The smallest absolute Gasteiger partial charge is 0.262 e. The van der Waals surface area contributed by atoms with Crippen molar-refractivity contribution in [3.05, 3.63) is 75.1 Å². The van der Waals surface area contributed by atoms with Gasteiger partial charge < -0.3 is 4.98 Å². The highest BCUT2D eigenvalue weighted by atomic mass is 79.9. The van der Waals surface area contributed by atoms with Gasteiger partial charge in [-0.15, -0.1) is 0 Å². The Kier molecular flexibility index (Phi) is 3.54. The number of halogens is 1. The van der Waals surface area contributed by atoms with Gasteiger partial charge in [-0.25, -0.2) is 9.67 Å². The van der Waals surface area contributed by atoms with Crippen molar-refractivity contribution in [3.8, 4) is 17.1 Å². The van der Waals surface area contributed by atoms with E-state index in [-0.39, 0.29) is 5.56 Å². The topological polar surface area (TPSA) is 63.6 Å². The van der Waals surface area contributed by atoms with Gasteiger partial charge in [0.25, 0.3) is 5.56 Å². The summed E-state index contributed by atoms with van der Waals surface area (Å²) in [5.74, 6) is 0.525. The van der Waals surface area contributed by atoms with Crippen molar-refractivity contribution in [2.24, 2.45) is 0 Å². The Morgan fingerprint density at radius 1 is 1.04 bits per heavy atom.